The van der Waals surface area contributed by atoms with Crippen molar-refractivity contribution in [3.05, 3.63) is 95.6 Å². The molecule has 6 heteroatoms. The van der Waals surface area contributed by atoms with Gasteiger partial charge in [0.2, 0.25) is 0 Å². The number of benzene rings is 3. The fourth-order valence-corrected chi connectivity index (χ4v) is 3.91. The fourth-order valence-electron chi connectivity index (χ4n) is 3.91. The fraction of sp³-hybridized carbons (Fsp3) is 0.333. The third-order valence-corrected chi connectivity index (χ3v) is 5.45. The van der Waals surface area contributed by atoms with Gasteiger partial charge in [0, 0.05) is 17.7 Å². The topological polar surface area (TPSA) is 83.2 Å². The molecular formula is C27H33NO5. The first-order chi connectivity index (χ1) is 16.2. The van der Waals surface area contributed by atoms with Gasteiger partial charge in [-0.3, -0.25) is 0 Å². The Hall–Kier alpha value is -2.90. The van der Waals surface area contributed by atoms with Gasteiger partial charge in [0.1, 0.15) is 17.6 Å². The van der Waals surface area contributed by atoms with Gasteiger partial charge in [-0.2, -0.15) is 0 Å². The zero-order chi connectivity index (χ0) is 23.5. The van der Waals surface area contributed by atoms with Crippen LogP contribution in [0, 0.1) is 0 Å². The third kappa shape index (κ3) is 5.72. The van der Waals surface area contributed by atoms with E-state index in [1.165, 1.54) is 0 Å². The van der Waals surface area contributed by atoms with Crippen LogP contribution >= 0.6 is 0 Å². The van der Waals surface area contributed by atoms with E-state index in [-0.39, 0.29) is 13.2 Å². The maximum absolute atomic E-state index is 10.7. The van der Waals surface area contributed by atoms with Crippen molar-refractivity contribution < 1.29 is 24.1 Å². The number of nitrogens with two attached hydrogens (primary N) is 1. The second-order valence-corrected chi connectivity index (χ2v) is 7.63. The Kier molecular flexibility index (Phi) is 9.27. The molecule has 0 saturated carbocycles. The number of aliphatic hydroxyl groups excluding tert-OH is 1. The summed E-state index contributed by atoms with van der Waals surface area (Å²) in [7, 11) is 3.27. The average Bonchev–Trinajstić information content (AvgIpc) is 2.88. The molecule has 0 heterocycles. The van der Waals surface area contributed by atoms with Crippen LogP contribution in [0.25, 0.3) is 0 Å². The van der Waals surface area contributed by atoms with Crippen LogP contribution in [0.15, 0.2) is 78.9 Å². The Balaban J connectivity index is 2.13. The summed E-state index contributed by atoms with van der Waals surface area (Å²) in [6.07, 6.45) is -0.0838. The largest absolute Gasteiger partial charge is 0.496 e. The standard InChI is InChI=1S/C27H33NO5/c1-30-25-15-8-6-13-23(25)27(21-11-4-3-5-12-21,24-14-7-9-16-26(24)31-2)33-20-22(29)19-32-18-10-17-28/h3-9,11-16,22,29H,10,17-20,28H2,1-2H3. The molecule has 6 nitrogen and oxygen atoms in total. The lowest BCUT2D eigenvalue weighted by atomic mass is 9.79. The van der Waals surface area contributed by atoms with E-state index in [1.807, 2.05) is 78.9 Å². The third-order valence-electron chi connectivity index (χ3n) is 5.45. The van der Waals surface area contributed by atoms with Crippen LogP contribution in [-0.2, 0) is 15.1 Å². The number of hydrogen-bond donors (Lipinski definition) is 2. The number of ether oxygens (including phenoxy) is 4. The van der Waals surface area contributed by atoms with E-state index in [4.69, 9.17) is 24.7 Å². The van der Waals surface area contributed by atoms with Crippen molar-refractivity contribution >= 4 is 0 Å². The molecular weight excluding hydrogens is 418 g/mol. The summed E-state index contributed by atoms with van der Waals surface area (Å²) < 4.78 is 23.7. The molecule has 33 heavy (non-hydrogen) atoms. The van der Waals surface area contributed by atoms with Crippen molar-refractivity contribution in [3.8, 4) is 11.5 Å². The summed E-state index contributed by atoms with van der Waals surface area (Å²) in [5.41, 5.74) is 6.91. The highest BCUT2D eigenvalue weighted by Gasteiger charge is 2.42. The lowest BCUT2D eigenvalue weighted by Crippen LogP contribution is -2.37. The van der Waals surface area contributed by atoms with Gasteiger partial charge >= 0.3 is 0 Å². The number of methoxy groups -OCH3 is 2. The maximum Gasteiger partial charge on any atom is 0.150 e. The van der Waals surface area contributed by atoms with Crippen molar-refractivity contribution in [2.45, 2.75) is 18.1 Å². The molecule has 3 aromatic carbocycles. The van der Waals surface area contributed by atoms with E-state index in [9.17, 15) is 5.11 Å². The van der Waals surface area contributed by atoms with Gasteiger partial charge < -0.3 is 29.8 Å². The van der Waals surface area contributed by atoms with E-state index < -0.39 is 11.7 Å². The Morgan fingerprint density at radius 2 is 1.33 bits per heavy atom. The molecule has 0 aliphatic carbocycles. The summed E-state index contributed by atoms with van der Waals surface area (Å²) in [6, 6.07) is 25.4. The molecule has 176 valence electrons. The van der Waals surface area contributed by atoms with E-state index in [2.05, 4.69) is 0 Å². The highest BCUT2D eigenvalue weighted by Crippen LogP contribution is 2.47. The summed E-state index contributed by atoms with van der Waals surface area (Å²) >= 11 is 0. The lowest BCUT2D eigenvalue weighted by molar-refractivity contribution is -0.0650. The maximum atomic E-state index is 10.7. The van der Waals surface area contributed by atoms with Crippen LogP contribution < -0.4 is 15.2 Å². The molecule has 1 unspecified atom stereocenters. The minimum absolute atomic E-state index is 0.0353. The predicted octanol–water partition coefficient (Wildman–Crippen LogP) is 3.74. The minimum atomic E-state index is -1.10. The van der Waals surface area contributed by atoms with Gasteiger partial charge in [-0.25, -0.2) is 0 Å². The van der Waals surface area contributed by atoms with E-state index in [1.54, 1.807) is 14.2 Å². The highest BCUT2D eigenvalue weighted by molar-refractivity contribution is 5.56. The molecule has 3 N–H and O–H groups in total. The Morgan fingerprint density at radius 3 is 1.88 bits per heavy atom. The van der Waals surface area contributed by atoms with Crippen LogP contribution in [0.1, 0.15) is 23.1 Å². The number of para-hydroxylation sites is 2. The van der Waals surface area contributed by atoms with Crippen molar-refractivity contribution in [1.29, 1.82) is 0 Å². The van der Waals surface area contributed by atoms with Crippen LogP contribution in [0.3, 0.4) is 0 Å². The molecule has 1 atom stereocenters. The SMILES string of the molecule is COc1ccccc1C(OCC(O)COCCCN)(c1ccccc1)c1ccccc1OC. The normalized spacial score (nSPS) is 12.4. The second-order valence-electron chi connectivity index (χ2n) is 7.63. The van der Waals surface area contributed by atoms with Crippen molar-refractivity contribution in [2.24, 2.45) is 5.73 Å². The van der Waals surface area contributed by atoms with E-state index >= 15 is 0 Å². The van der Waals surface area contributed by atoms with Crippen molar-refractivity contribution in [3.63, 3.8) is 0 Å². The van der Waals surface area contributed by atoms with Crippen LogP contribution in [0.4, 0.5) is 0 Å². The Bertz CT molecular complexity index is 932. The second kappa shape index (κ2) is 12.4. The molecule has 3 aromatic rings. The first kappa shape index (κ1) is 24.7. The van der Waals surface area contributed by atoms with E-state index in [0.717, 1.165) is 23.1 Å². The molecule has 0 radical (unpaired) electrons. The smallest absolute Gasteiger partial charge is 0.150 e. The van der Waals surface area contributed by atoms with Crippen LogP contribution in [-0.4, -0.2) is 51.8 Å². The summed E-state index contributed by atoms with van der Waals surface area (Å²) in [5.74, 6) is 1.34. The van der Waals surface area contributed by atoms with Gasteiger partial charge in [-0.05, 0) is 30.7 Å². The summed E-state index contributed by atoms with van der Waals surface area (Å²) in [6.45, 7) is 1.23. The number of rotatable bonds is 13. The highest BCUT2D eigenvalue weighted by atomic mass is 16.5. The molecule has 0 aliphatic heterocycles. The monoisotopic (exact) mass is 451 g/mol. The molecule has 0 spiro atoms. The minimum Gasteiger partial charge on any atom is -0.496 e. The van der Waals surface area contributed by atoms with Gasteiger partial charge in [0.15, 0.2) is 5.60 Å². The molecule has 0 saturated heterocycles. The molecule has 0 fully saturated rings. The zero-order valence-electron chi connectivity index (χ0n) is 19.3. The van der Waals surface area contributed by atoms with Crippen molar-refractivity contribution in [2.75, 3.05) is 40.6 Å². The van der Waals surface area contributed by atoms with Gasteiger partial charge in [0.25, 0.3) is 0 Å². The first-order valence-corrected chi connectivity index (χ1v) is 11.1. The molecule has 3 rings (SSSR count). The quantitative estimate of drug-likeness (QED) is 0.304. The van der Waals surface area contributed by atoms with Gasteiger partial charge in [-0.15, -0.1) is 0 Å². The molecule has 0 aromatic heterocycles. The average molecular weight is 452 g/mol. The summed E-state index contributed by atoms with van der Waals surface area (Å²) in [4.78, 5) is 0. The first-order valence-electron chi connectivity index (χ1n) is 11.1. The molecule has 0 bridgehead atoms. The zero-order valence-corrected chi connectivity index (χ0v) is 19.3. The Labute approximate surface area is 195 Å². The molecule has 0 aliphatic rings. The van der Waals surface area contributed by atoms with Crippen molar-refractivity contribution in [1.82, 2.24) is 0 Å². The summed E-state index contributed by atoms with van der Waals surface area (Å²) in [5, 5.41) is 10.7. The van der Waals surface area contributed by atoms with Crippen LogP contribution in [0.5, 0.6) is 11.5 Å². The number of aliphatic hydroxyl groups is 1. The number of hydrogen-bond acceptors (Lipinski definition) is 6. The van der Waals surface area contributed by atoms with E-state index in [0.29, 0.717) is 24.7 Å². The lowest BCUT2D eigenvalue weighted by Gasteiger charge is -2.38. The molecule has 0 amide bonds. The van der Waals surface area contributed by atoms with Gasteiger partial charge in [0.05, 0.1) is 27.4 Å². The van der Waals surface area contributed by atoms with Gasteiger partial charge in [-0.1, -0.05) is 66.7 Å². The van der Waals surface area contributed by atoms with Crippen LogP contribution in [0.2, 0.25) is 0 Å². The Morgan fingerprint density at radius 1 is 0.788 bits per heavy atom. The predicted molar refractivity (Wildman–Crippen MR) is 129 cm³/mol.